The maximum Gasteiger partial charge on any atom is 0.418 e. The highest BCUT2D eigenvalue weighted by atomic mass is 19.4. The fraction of sp³-hybridized carbons (Fsp3) is 0.333. The molecule has 0 spiro atoms. The molecule has 1 aromatic carbocycles. The Morgan fingerprint density at radius 1 is 1.26 bits per heavy atom. The van der Waals surface area contributed by atoms with E-state index in [1.165, 1.54) is 12.1 Å². The predicted octanol–water partition coefficient (Wildman–Crippen LogP) is 2.93. The van der Waals surface area contributed by atoms with E-state index < -0.39 is 11.7 Å². The van der Waals surface area contributed by atoms with Gasteiger partial charge < -0.3 is 9.88 Å². The highest BCUT2D eigenvalue weighted by molar-refractivity contribution is 5.52. The SMILES string of the molecule is CCn1cnnc1CNc1ccccc1C(F)(F)F. The summed E-state index contributed by atoms with van der Waals surface area (Å²) in [6, 6.07) is 5.37. The number of rotatable bonds is 4. The van der Waals surface area contributed by atoms with E-state index in [2.05, 4.69) is 15.5 Å². The first-order valence-corrected chi connectivity index (χ1v) is 5.79. The average molecular weight is 270 g/mol. The van der Waals surface area contributed by atoms with Gasteiger partial charge in [0, 0.05) is 12.2 Å². The molecule has 0 saturated heterocycles. The van der Waals surface area contributed by atoms with E-state index in [0.29, 0.717) is 12.4 Å². The minimum absolute atomic E-state index is 0.0423. The predicted molar refractivity (Wildman–Crippen MR) is 64.5 cm³/mol. The van der Waals surface area contributed by atoms with Gasteiger partial charge in [0.1, 0.15) is 6.33 Å². The van der Waals surface area contributed by atoms with Crippen LogP contribution in [-0.4, -0.2) is 14.8 Å². The Morgan fingerprint density at radius 2 is 2.00 bits per heavy atom. The van der Waals surface area contributed by atoms with E-state index in [4.69, 9.17) is 0 Å². The number of nitrogens with zero attached hydrogens (tertiary/aromatic N) is 3. The molecule has 0 aliphatic carbocycles. The van der Waals surface area contributed by atoms with Gasteiger partial charge in [0.2, 0.25) is 0 Å². The second-order valence-corrected chi connectivity index (χ2v) is 3.93. The summed E-state index contributed by atoms with van der Waals surface area (Å²) >= 11 is 0. The molecule has 1 N–H and O–H groups in total. The average Bonchev–Trinajstić information content (AvgIpc) is 2.83. The van der Waals surface area contributed by atoms with Gasteiger partial charge in [-0.2, -0.15) is 13.2 Å². The lowest BCUT2D eigenvalue weighted by molar-refractivity contribution is -0.137. The zero-order chi connectivity index (χ0) is 13.9. The van der Waals surface area contributed by atoms with Crippen molar-refractivity contribution in [2.45, 2.75) is 26.2 Å². The number of aryl methyl sites for hydroxylation is 1. The van der Waals surface area contributed by atoms with Crippen molar-refractivity contribution in [3.63, 3.8) is 0 Å². The largest absolute Gasteiger partial charge is 0.418 e. The van der Waals surface area contributed by atoms with Crippen molar-refractivity contribution >= 4 is 5.69 Å². The van der Waals surface area contributed by atoms with E-state index >= 15 is 0 Å². The fourth-order valence-corrected chi connectivity index (χ4v) is 1.74. The molecule has 0 atom stereocenters. The van der Waals surface area contributed by atoms with Crippen molar-refractivity contribution in [3.05, 3.63) is 42.0 Å². The first-order chi connectivity index (χ1) is 9.02. The van der Waals surface area contributed by atoms with E-state index in [1.54, 1.807) is 17.0 Å². The first kappa shape index (κ1) is 13.4. The minimum atomic E-state index is -4.37. The number of alkyl halides is 3. The van der Waals surface area contributed by atoms with Gasteiger partial charge in [-0.05, 0) is 19.1 Å². The topological polar surface area (TPSA) is 42.7 Å². The van der Waals surface area contributed by atoms with Crippen LogP contribution in [0.5, 0.6) is 0 Å². The van der Waals surface area contributed by atoms with Crippen LogP contribution < -0.4 is 5.32 Å². The Morgan fingerprint density at radius 3 is 2.68 bits per heavy atom. The number of halogens is 3. The van der Waals surface area contributed by atoms with Gasteiger partial charge in [0.25, 0.3) is 0 Å². The summed E-state index contributed by atoms with van der Waals surface area (Å²) in [7, 11) is 0. The van der Waals surface area contributed by atoms with Crippen molar-refractivity contribution in [1.82, 2.24) is 14.8 Å². The summed E-state index contributed by atoms with van der Waals surface area (Å²) in [6.45, 7) is 2.78. The van der Waals surface area contributed by atoms with E-state index in [0.717, 1.165) is 6.07 Å². The molecular weight excluding hydrogens is 257 g/mol. The van der Waals surface area contributed by atoms with Crippen molar-refractivity contribution in [2.75, 3.05) is 5.32 Å². The molecule has 0 bridgehead atoms. The normalized spacial score (nSPS) is 11.6. The van der Waals surface area contributed by atoms with Crippen LogP contribution in [0.2, 0.25) is 0 Å². The van der Waals surface area contributed by atoms with E-state index in [1.807, 2.05) is 6.92 Å². The Balaban J connectivity index is 2.16. The molecule has 0 saturated carbocycles. The minimum Gasteiger partial charge on any atom is -0.377 e. The number of hydrogen-bond acceptors (Lipinski definition) is 3. The molecule has 0 aliphatic heterocycles. The van der Waals surface area contributed by atoms with Gasteiger partial charge in [-0.1, -0.05) is 12.1 Å². The van der Waals surface area contributed by atoms with E-state index in [9.17, 15) is 13.2 Å². The maximum atomic E-state index is 12.8. The van der Waals surface area contributed by atoms with Gasteiger partial charge in [-0.3, -0.25) is 0 Å². The molecule has 0 aliphatic rings. The maximum absolute atomic E-state index is 12.8. The summed E-state index contributed by atoms with van der Waals surface area (Å²) < 4.78 is 40.1. The third-order valence-electron chi connectivity index (χ3n) is 2.71. The summed E-state index contributed by atoms with van der Waals surface area (Å²) in [5.74, 6) is 0.597. The molecule has 102 valence electrons. The third kappa shape index (κ3) is 3.04. The number of benzene rings is 1. The molecule has 2 aromatic rings. The molecule has 0 unspecified atom stereocenters. The van der Waals surface area contributed by atoms with Crippen LogP contribution in [0, 0.1) is 0 Å². The molecule has 0 fully saturated rings. The number of hydrogen-bond donors (Lipinski definition) is 1. The summed E-state index contributed by atoms with van der Waals surface area (Å²) in [5.41, 5.74) is -0.641. The summed E-state index contributed by atoms with van der Waals surface area (Å²) in [6.07, 6.45) is -2.82. The third-order valence-corrected chi connectivity index (χ3v) is 2.71. The van der Waals surface area contributed by atoms with Crippen molar-refractivity contribution in [1.29, 1.82) is 0 Å². The van der Waals surface area contributed by atoms with Crippen LogP contribution in [0.1, 0.15) is 18.3 Å². The molecule has 1 heterocycles. The summed E-state index contributed by atoms with van der Waals surface area (Å²) in [5, 5.41) is 10.3. The number of nitrogens with one attached hydrogen (secondary N) is 1. The van der Waals surface area contributed by atoms with Crippen LogP contribution in [0.3, 0.4) is 0 Å². The molecule has 7 heteroatoms. The number of para-hydroxylation sites is 1. The second-order valence-electron chi connectivity index (χ2n) is 3.93. The van der Waals surface area contributed by atoms with Gasteiger partial charge >= 0.3 is 6.18 Å². The quantitative estimate of drug-likeness (QED) is 0.928. The lowest BCUT2D eigenvalue weighted by atomic mass is 10.1. The number of anilines is 1. The van der Waals surface area contributed by atoms with Crippen LogP contribution >= 0.6 is 0 Å². The molecule has 2 rings (SSSR count). The molecular formula is C12H13F3N4. The lowest BCUT2D eigenvalue weighted by Gasteiger charge is -2.14. The van der Waals surface area contributed by atoms with Gasteiger partial charge in [0.15, 0.2) is 5.82 Å². The molecule has 19 heavy (non-hydrogen) atoms. The zero-order valence-electron chi connectivity index (χ0n) is 10.3. The van der Waals surface area contributed by atoms with Crippen molar-refractivity contribution in [2.24, 2.45) is 0 Å². The molecule has 4 nitrogen and oxygen atoms in total. The van der Waals surface area contributed by atoms with Crippen molar-refractivity contribution < 1.29 is 13.2 Å². The first-order valence-electron chi connectivity index (χ1n) is 5.79. The number of aromatic nitrogens is 3. The zero-order valence-corrected chi connectivity index (χ0v) is 10.3. The van der Waals surface area contributed by atoms with Gasteiger partial charge in [-0.25, -0.2) is 0 Å². The van der Waals surface area contributed by atoms with Crippen LogP contribution in [0.15, 0.2) is 30.6 Å². The van der Waals surface area contributed by atoms with Crippen molar-refractivity contribution in [3.8, 4) is 0 Å². The molecule has 0 amide bonds. The van der Waals surface area contributed by atoms with Crippen LogP contribution in [0.25, 0.3) is 0 Å². The summed E-state index contributed by atoms with van der Waals surface area (Å²) in [4.78, 5) is 0. The Kier molecular flexibility index (Phi) is 3.73. The van der Waals surface area contributed by atoms with E-state index in [-0.39, 0.29) is 12.2 Å². The molecule has 1 aromatic heterocycles. The Hall–Kier alpha value is -2.05. The molecule has 0 radical (unpaired) electrons. The van der Waals surface area contributed by atoms with Gasteiger partial charge in [0.05, 0.1) is 12.1 Å². The Labute approximate surface area is 108 Å². The van der Waals surface area contributed by atoms with Crippen LogP contribution in [0.4, 0.5) is 18.9 Å². The Bertz CT molecular complexity index is 548. The lowest BCUT2D eigenvalue weighted by Crippen LogP contribution is -2.12. The highest BCUT2D eigenvalue weighted by Crippen LogP contribution is 2.34. The second kappa shape index (κ2) is 5.29. The fourth-order valence-electron chi connectivity index (χ4n) is 1.74. The standard InChI is InChI=1S/C12H13F3N4/c1-2-19-8-17-18-11(19)7-16-10-6-4-3-5-9(10)12(13,14)15/h3-6,8,16H,2,7H2,1H3. The van der Waals surface area contributed by atoms with Gasteiger partial charge in [-0.15, -0.1) is 10.2 Å². The smallest absolute Gasteiger partial charge is 0.377 e. The highest BCUT2D eigenvalue weighted by Gasteiger charge is 2.33. The van der Waals surface area contributed by atoms with Crippen LogP contribution in [-0.2, 0) is 19.3 Å². The monoisotopic (exact) mass is 270 g/mol.